The third kappa shape index (κ3) is 6.21. The van der Waals surface area contributed by atoms with E-state index in [0.29, 0.717) is 17.8 Å². The Hall–Kier alpha value is -3.36. The molecule has 0 bridgehead atoms. The molecule has 0 fully saturated rings. The summed E-state index contributed by atoms with van der Waals surface area (Å²) in [5.74, 6) is -1.20. The summed E-state index contributed by atoms with van der Waals surface area (Å²) in [4.78, 5) is 25.3. The van der Waals surface area contributed by atoms with Crippen molar-refractivity contribution < 1.29 is 22.7 Å². The first kappa shape index (κ1) is 26.2. The molecule has 3 rings (SSSR count). The molecule has 35 heavy (non-hydrogen) atoms. The first-order valence-corrected chi connectivity index (χ1v) is 12.9. The van der Waals surface area contributed by atoms with Crippen LogP contribution in [0.1, 0.15) is 35.3 Å². The van der Waals surface area contributed by atoms with Crippen LogP contribution in [0.2, 0.25) is 5.02 Å². The second kappa shape index (κ2) is 11.4. The van der Waals surface area contributed by atoms with E-state index in [0.717, 1.165) is 15.4 Å². The van der Waals surface area contributed by atoms with Gasteiger partial charge in [-0.15, -0.1) is 0 Å². The van der Waals surface area contributed by atoms with Gasteiger partial charge in [-0.3, -0.25) is 9.10 Å². The smallest absolute Gasteiger partial charge is 0.339 e. The zero-order valence-electron chi connectivity index (χ0n) is 19.7. The third-order valence-corrected chi connectivity index (χ3v) is 7.39. The number of hydrogen-bond acceptors (Lipinski definition) is 5. The van der Waals surface area contributed by atoms with Gasteiger partial charge in [0.25, 0.3) is 10.0 Å². The lowest BCUT2D eigenvalue weighted by Crippen LogP contribution is -2.38. The molecule has 9 heteroatoms. The maximum atomic E-state index is 13.6. The molecule has 0 unspecified atom stereocenters. The Bertz CT molecular complexity index is 1320. The van der Waals surface area contributed by atoms with Crippen molar-refractivity contribution in [2.45, 2.75) is 32.1 Å². The average Bonchev–Trinajstić information content (AvgIpc) is 2.84. The molecular formula is C26H27ClN2O5S. The van der Waals surface area contributed by atoms with E-state index in [1.54, 1.807) is 31.2 Å². The lowest BCUT2D eigenvalue weighted by atomic mass is 10.1. The number of nitrogens with zero attached hydrogens (tertiary/aromatic N) is 1. The fourth-order valence-corrected chi connectivity index (χ4v) is 5.14. The molecule has 3 aromatic carbocycles. The number of anilines is 2. The summed E-state index contributed by atoms with van der Waals surface area (Å²) < 4.78 is 33.4. The van der Waals surface area contributed by atoms with E-state index < -0.39 is 28.4 Å². The zero-order valence-corrected chi connectivity index (χ0v) is 21.3. The van der Waals surface area contributed by atoms with Gasteiger partial charge in [0.15, 0.2) is 0 Å². The summed E-state index contributed by atoms with van der Waals surface area (Å²) in [6.45, 7) is 5.17. The van der Waals surface area contributed by atoms with Gasteiger partial charge in [0.05, 0.1) is 27.8 Å². The zero-order chi connectivity index (χ0) is 25.6. The lowest BCUT2D eigenvalue weighted by molar-refractivity contribution is -0.114. The van der Waals surface area contributed by atoms with E-state index in [1.165, 1.54) is 30.3 Å². The summed E-state index contributed by atoms with van der Waals surface area (Å²) in [6, 6.07) is 17.9. The number of rotatable bonds is 9. The number of hydrogen-bond donors (Lipinski definition) is 1. The van der Waals surface area contributed by atoms with E-state index in [4.69, 9.17) is 16.3 Å². The number of esters is 1. The molecule has 7 nitrogen and oxygen atoms in total. The number of halogens is 1. The molecule has 0 spiro atoms. The van der Waals surface area contributed by atoms with Crippen molar-refractivity contribution in [2.24, 2.45) is 0 Å². The monoisotopic (exact) mass is 514 g/mol. The highest BCUT2D eigenvalue weighted by Crippen LogP contribution is 2.28. The van der Waals surface area contributed by atoms with Gasteiger partial charge in [-0.1, -0.05) is 54.4 Å². The van der Waals surface area contributed by atoms with Crippen molar-refractivity contribution in [3.05, 3.63) is 88.4 Å². The number of aryl methyl sites for hydroxylation is 2. The number of nitrogens with one attached hydrogen (secondary N) is 1. The molecule has 1 N–H and O–H groups in total. The molecule has 1 amide bonds. The maximum absolute atomic E-state index is 13.6. The van der Waals surface area contributed by atoms with Crippen molar-refractivity contribution in [3.8, 4) is 0 Å². The molecule has 0 saturated carbocycles. The molecule has 0 atom stereocenters. The maximum Gasteiger partial charge on any atom is 0.339 e. The van der Waals surface area contributed by atoms with Crippen LogP contribution in [0.4, 0.5) is 11.4 Å². The summed E-state index contributed by atoms with van der Waals surface area (Å²) >= 11 is 6.10. The highest BCUT2D eigenvalue weighted by atomic mass is 35.5. The molecule has 0 heterocycles. The molecular weight excluding hydrogens is 488 g/mol. The second-order valence-electron chi connectivity index (χ2n) is 7.77. The van der Waals surface area contributed by atoms with Crippen LogP contribution in [0.25, 0.3) is 0 Å². The van der Waals surface area contributed by atoms with Gasteiger partial charge in [0, 0.05) is 5.69 Å². The molecule has 184 valence electrons. The van der Waals surface area contributed by atoms with Crippen LogP contribution in [0.5, 0.6) is 0 Å². The van der Waals surface area contributed by atoms with Crippen LogP contribution in [0, 0.1) is 6.92 Å². The average molecular weight is 515 g/mol. The number of benzene rings is 3. The predicted molar refractivity (Wildman–Crippen MR) is 138 cm³/mol. The van der Waals surface area contributed by atoms with Gasteiger partial charge in [-0.2, -0.15) is 0 Å². The van der Waals surface area contributed by atoms with Crippen molar-refractivity contribution in [1.82, 2.24) is 0 Å². The molecule has 0 aliphatic carbocycles. The van der Waals surface area contributed by atoms with Crippen LogP contribution in [0.3, 0.4) is 0 Å². The van der Waals surface area contributed by atoms with Crippen molar-refractivity contribution in [1.29, 1.82) is 0 Å². The highest BCUT2D eigenvalue weighted by molar-refractivity contribution is 7.92. The SMILES string of the molecule is CCOC(=O)c1cc(NC(=O)CN(c2ccccc2CC)S(=O)(=O)c2ccc(C)cc2)ccc1Cl. The minimum Gasteiger partial charge on any atom is -0.462 e. The van der Waals surface area contributed by atoms with E-state index in [1.807, 2.05) is 26.0 Å². The van der Waals surface area contributed by atoms with Crippen molar-refractivity contribution >= 4 is 44.9 Å². The lowest BCUT2D eigenvalue weighted by Gasteiger charge is -2.26. The van der Waals surface area contributed by atoms with Gasteiger partial charge in [0.1, 0.15) is 6.54 Å². The van der Waals surface area contributed by atoms with E-state index >= 15 is 0 Å². The Morgan fingerprint density at radius 3 is 2.34 bits per heavy atom. The number of carbonyl (C=O) groups excluding carboxylic acids is 2. The molecule has 0 aliphatic rings. The second-order valence-corrected chi connectivity index (χ2v) is 10.0. The molecule has 3 aromatic rings. The number of sulfonamides is 1. The molecule has 0 saturated heterocycles. The number of para-hydroxylation sites is 1. The van der Waals surface area contributed by atoms with Gasteiger partial charge in [-0.25, -0.2) is 13.2 Å². The largest absolute Gasteiger partial charge is 0.462 e. The first-order chi connectivity index (χ1) is 16.7. The summed E-state index contributed by atoms with van der Waals surface area (Å²) in [6.07, 6.45) is 0.581. The third-order valence-electron chi connectivity index (χ3n) is 5.28. The Kier molecular flexibility index (Phi) is 8.53. The van der Waals surface area contributed by atoms with Gasteiger partial charge in [0.2, 0.25) is 5.91 Å². The van der Waals surface area contributed by atoms with Gasteiger partial charge in [-0.05, 0) is 62.2 Å². The number of ether oxygens (including phenoxy) is 1. The predicted octanol–water partition coefficient (Wildman–Crippen LogP) is 5.22. The van der Waals surface area contributed by atoms with Crippen LogP contribution in [-0.4, -0.2) is 33.4 Å². The minimum absolute atomic E-state index is 0.0814. The first-order valence-electron chi connectivity index (χ1n) is 11.1. The van der Waals surface area contributed by atoms with Crippen LogP contribution in [0.15, 0.2) is 71.6 Å². The van der Waals surface area contributed by atoms with Crippen molar-refractivity contribution in [2.75, 3.05) is 22.8 Å². The molecule has 0 aromatic heterocycles. The van der Waals surface area contributed by atoms with Gasteiger partial charge >= 0.3 is 5.97 Å². The van der Waals surface area contributed by atoms with Crippen LogP contribution < -0.4 is 9.62 Å². The molecule has 0 aliphatic heterocycles. The van der Waals surface area contributed by atoms with Crippen LogP contribution in [-0.2, 0) is 26.0 Å². The van der Waals surface area contributed by atoms with E-state index in [2.05, 4.69) is 5.32 Å². The Morgan fingerprint density at radius 2 is 1.69 bits per heavy atom. The Labute approximate surface area is 210 Å². The van der Waals surface area contributed by atoms with Crippen molar-refractivity contribution in [3.63, 3.8) is 0 Å². The Balaban J connectivity index is 1.95. The topological polar surface area (TPSA) is 92.8 Å². The van der Waals surface area contributed by atoms with E-state index in [-0.39, 0.29) is 22.1 Å². The Morgan fingerprint density at radius 1 is 1.00 bits per heavy atom. The number of amides is 1. The quantitative estimate of drug-likeness (QED) is 0.395. The van der Waals surface area contributed by atoms with Crippen LogP contribution >= 0.6 is 11.6 Å². The summed E-state index contributed by atoms with van der Waals surface area (Å²) in [7, 11) is -4.05. The van der Waals surface area contributed by atoms with Gasteiger partial charge < -0.3 is 10.1 Å². The van der Waals surface area contributed by atoms with E-state index in [9.17, 15) is 18.0 Å². The summed E-state index contributed by atoms with van der Waals surface area (Å²) in [5, 5.41) is 2.85. The minimum atomic E-state index is -4.05. The fourth-order valence-electron chi connectivity index (χ4n) is 3.49. The molecule has 0 radical (unpaired) electrons. The normalized spacial score (nSPS) is 11.1. The summed E-state index contributed by atoms with van der Waals surface area (Å²) in [5.41, 5.74) is 2.52. The highest BCUT2D eigenvalue weighted by Gasteiger charge is 2.28. The standard InChI is InChI=1S/C26H27ClN2O5S/c1-4-19-8-6-7-9-24(19)29(35(32,33)21-13-10-18(3)11-14-21)17-25(30)28-20-12-15-23(27)22(16-20)26(31)34-5-2/h6-16H,4-5,17H2,1-3H3,(H,28,30). The number of carbonyl (C=O) groups is 2. The fraction of sp³-hybridized carbons (Fsp3) is 0.231.